The van der Waals surface area contributed by atoms with Crippen LogP contribution in [0, 0.1) is 12.8 Å². The van der Waals surface area contributed by atoms with Crippen LogP contribution in [0.4, 0.5) is 5.82 Å². The van der Waals surface area contributed by atoms with Crippen LogP contribution in [0.5, 0.6) is 0 Å². The molecule has 0 radical (unpaired) electrons. The molecular formula is C13H18ClN5. The summed E-state index contributed by atoms with van der Waals surface area (Å²) in [5.74, 6) is 2.37. The average molecular weight is 280 g/mol. The molecule has 2 atom stereocenters. The van der Waals surface area contributed by atoms with Crippen molar-refractivity contribution in [2.45, 2.75) is 39.7 Å². The normalized spacial score (nSPS) is 24.1. The molecule has 2 aromatic heterocycles. The lowest BCUT2D eigenvalue weighted by atomic mass is 9.93. The van der Waals surface area contributed by atoms with Gasteiger partial charge >= 0.3 is 0 Å². The predicted molar refractivity (Wildman–Crippen MR) is 75.7 cm³/mol. The summed E-state index contributed by atoms with van der Waals surface area (Å²) in [4.78, 5) is 10.8. The molecule has 0 spiro atoms. The SMILES string of the molecule is Cc1c(Cl)nc2ncnn2c1N1CCC(C)CC1C. The Labute approximate surface area is 117 Å². The van der Waals surface area contributed by atoms with Crippen LogP contribution in [0.1, 0.15) is 32.3 Å². The van der Waals surface area contributed by atoms with Gasteiger partial charge in [0.2, 0.25) is 0 Å². The minimum atomic E-state index is 0.480. The van der Waals surface area contributed by atoms with Crippen molar-refractivity contribution in [3.8, 4) is 0 Å². The molecule has 2 unspecified atom stereocenters. The molecule has 5 nitrogen and oxygen atoms in total. The van der Waals surface area contributed by atoms with Gasteiger partial charge in [0.25, 0.3) is 5.78 Å². The fraction of sp³-hybridized carbons (Fsp3) is 0.615. The van der Waals surface area contributed by atoms with Crippen LogP contribution in [-0.2, 0) is 0 Å². The van der Waals surface area contributed by atoms with Crippen LogP contribution in [0.25, 0.3) is 5.78 Å². The summed E-state index contributed by atoms with van der Waals surface area (Å²) in [6.07, 6.45) is 3.91. The molecule has 2 aromatic rings. The van der Waals surface area contributed by atoms with Gasteiger partial charge < -0.3 is 4.90 Å². The van der Waals surface area contributed by atoms with Gasteiger partial charge in [-0.1, -0.05) is 18.5 Å². The van der Waals surface area contributed by atoms with E-state index in [2.05, 4.69) is 33.8 Å². The van der Waals surface area contributed by atoms with Crippen molar-refractivity contribution in [3.05, 3.63) is 17.0 Å². The second-order valence-corrected chi connectivity index (χ2v) is 5.85. The number of halogens is 1. The Morgan fingerprint density at radius 2 is 2.16 bits per heavy atom. The zero-order valence-corrected chi connectivity index (χ0v) is 12.2. The second-order valence-electron chi connectivity index (χ2n) is 5.50. The van der Waals surface area contributed by atoms with E-state index in [1.54, 1.807) is 4.52 Å². The summed E-state index contributed by atoms with van der Waals surface area (Å²) in [7, 11) is 0. The molecule has 0 saturated carbocycles. The standard InChI is InChI=1S/C13H18ClN5/c1-8-4-5-18(9(2)6-8)12-10(3)11(14)17-13-15-7-16-19(12)13/h7-9H,4-6H2,1-3H3. The van der Waals surface area contributed by atoms with Crippen LogP contribution in [0.2, 0.25) is 5.15 Å². The van der Waals surface area contributed by atoms with E-state index in [-0.39, 0.29) is 0 Å². The van der Waals surface area contributed by atoms with E-state index >= 15 is 0 Å². The van der Waals surface area contributed by atoms with E-state index in [9.17, 15) is 0 Å². The lowest BCUT2D eigenvalue weighted by Gasteiger charge is -2.38. The smallest absolute Gasteiger partial charge is 0.255 e. The fourth-order valence-corrected chi connectivity index (χ4v) is 3.10. The summed E-state index contributed by atoms with van der Waals surface area (Å²) in [6.45, 7) is 7.59. The third-order valence-corrected chi connectivity index (χ3v) is 4.35. The first-order valence-corrected chi connectivity index (χ1v) is 7.08. The summed E-state index contributed by atoms with van der Waals surface area (Å²) >= 11 is 6.23. The molecule has 102 valence electrons. The molecule has 0 aliphatic carbocycles. The molecular weight excluding hydrogens is 262 g/mol. The second kappa shape index (κ2) is 4.63. The van der Waals surface area contributed by atoms with Crippen LogP contribution < -0.4 is 4.90 Å². The highest BCUT2D eigenvalue weighted by Crippen LogP contribution is 2.32. The highest BCUT2D eigenvalue weighted by atomic mass is 35.5. The Bertz CT molecular complexity index is 608. The van der Waals surface area contributed by atoms with Gasteiger partial charge in [-0.25, -0.2) is 0 Å². The molecule has 0 bridgehead atoms. The Hall–Kier alpha value is -1.36. The van der Waals surface area contributed by atoms with E-state index in [1.807, 2.05) is 6.92 Å². The molecule has 1 saturated heterocycles. The van der Waals surface area contributed by atoms with Gasteiger partial charge in [-0.2, -0.15) is 19.6 Å². The quantitative estimate of drug-likeness (QED) is 0.753. The lowest BCUT2D eigenvalue weighted by Crippen LogP contribution is -2.41. The highest BCUT2D eigenvalue weighted by molar-refractivity contribution is 6.30. The van der Waals surface area contributed by atoms with Crippen molar-refractivity contribution in [1.29, 1.82) is 0 Å². The van der Waals surface area contributed by atoms with E-state index < -0.39 is 0 Å². The van der Waals surface area contributed by atoms with Crippen molar-refractivity contribution in [2.24, 2.45) is 5.92 Å². The van der Waals surface area contributed by atoms with E-state index in [0.29, 0.717) is 17.0 Å². The van der Waals surface area contributed by atoms with Crippen molar-refractivity contribution in [3.63, 3.8) is 0 Å². The van der Waals surface area contributed by atoms with Crippen molar-refractivity contribution < 1.29 is 0 Å². The molecule has 0 N–H and O–H groups in total. The molecule has 1 aliphatic rings. The number of fused-ring (bicyclic) bond motifs is 1. The number of piperidine rings is 1. The molecule has 1 aliphatic heterocycles. The maximum Gasteiger partial charge on any atom is 0.255 e. The summed E-state index contributed by atoms with van der Waals surface area (Å²) in [5, 5.41) is 4.81. The summed E-state index contributed by atoms with van der Waals surface area (Å²) in [5.41, 5.74) is 0.973. The maximum absolute atomic E-state index is 6.23. The van der Waals surface area contributed by atoms with Crippen molar-refractivity contribution >= 4 is 23.2 Å². The first kappa shape index (κ1) is 12.7. The molecule has 0 aromatic carbocycles. The monoisotopic (exact) mass is 279 g/mol. The van der Waals surface area contributed by atoms with Crippen LogP contribution in [-0.4, -0.2) is 32.2 Å². The summed E-state index contributed by atoms with van der Waals surface area (Å²) < 4.78 is 1.80. The molecule has 3 rings (SSSR count). The first-order valence-electron chi connectivity index (χ1n) is 6.70. The third-order valence-electron chi connectivity index (χ3n) is 3.98. The van der Waals surface area contributed by atoms with Gasteiger partial charge in [0.05, 0.1) is 0 Å². The lowest BCUT2D eigenvalue weighted by molar-refractivity contribution is 0.374. The van der Waals surface area contributed by atoms with Crippen LogP contribution >= 0.6 is 11.6 Å². The Balaban J connectivity index is 2.13. The zero-order chi connectivity index (χ0) is 13.6. The van der Waals surface area contributed by atoms with E-state index in [4.69, 9.17) is 11.6 Å². The molecule has 1 fully saturated rings. The maximum atomic E-state index is 6.23. The van der Waals surface area contributed by atoms with E-state index in [0.717, 1.165) is 23.8 Å². The van der Waals surface area contributed by atoms with Gasteiger partial charge in [0.1, 0.15) is 17.3 Å². The Morgan fingerprint density at radius 1 is 1.37 bits per heavy atom. The van der Waals surface area contributed by atoms with Gasteiger partial charge in [-0.3, -0.25) is 0 Å². The molecule has 3 heterocycles. The van der Waals surface area contributed by atoms with E-state index in [1.165, 1.54) is 19.2 Å². The predicted octanol–water partition coefficient (Wildman–Crippen LogP) is 2.71. The number of aromatic nitrogens is 4. The largest absolute Gasteiger partial charge is 0.353 e. The highest BCUT2D eigenvalue weighted by Gasteiger charge is 2.27. The molecule has 6 heteroatoms. The molecule has 0 amide bonds. The topological polar surface area (TPSA) is 46.3 Å². The van der Waals surface area contributed by atoms with Gasteiger partial charge in [0, 0.05) is 18.2 Å². The van der Waals surface area contributed by atoms with Gasteiger partial charge in [-0.05, 0) is 32.6 Å². The average Bonchev–Trinajstić information content (AvgIpc) is 2.80. The van der Waals surface area contributed by atoms with Crippen LogP contribution in [0.3, 0.4) is 0 Å². The minimum absolute atomic E-state index is 0.480. The third kappa shape index (κ3) is 2.06. The first-order chi connectivity index (χ1) is 9.08. The van der Waals surface area contributed by atoms with Crippen molar-refractivity contribution in [2.75, 3.05) is 11.4 Å². The van der Waals surface area contributed by atoms with Gasteiger partial charge in [0.15, 0.2) is 0 Å². The minimum Gasteiger partial charge on any atom is -0.353 e. The number of rotatable bonds is 1. The van der Waals surface area contributed by atoms with Crippen molar-refractivity contribution in [1.82, 2.24) is 19.6 Å². The fourth-order valence-electron chi connectivity index (χ4n) is 2.94. The number of hydrogen-bond acceptors (Lipinski definition) is 4. The Kier molecular flexibility index (Phi) is 3.09. The zero-order valence-electron chi connectivity index (χ0n) is 11.5. The Morgan fingerprint density at radius 3 is 2.89 bits per heavy atom. The van der Waals surface area contributed by atoms with Gasteiger partial charge in [-0.15, -0.1) is 0 Å². The number of nitrogens with zero attached hydrogens (tertiary/aromatic N) is 5. The number of hydrogen-bond donors (Lipinski definition) is 0. The number of anilines is 1. The van der Waals surface area contributed by atoms with Crippen LogP contribution in [0.15, 0.2) is 6.33 Å². The summed E-state index contributed by atoms with van der Waals surface area (Å²) in [6, 6.07) is 0.480. The molecule has 19 heavy (non-hydrogen) atoms.